The number of benzene rings is 2. The summed E-state index contributed by atoms with van der Waals surface area (Å²) >= 11 is 0. The van der Waals surface area contributed by atoms with Crippen LogP contribution >= 0.6 is 0 Å². The van der Waals surface area contributed by atoms with Gasteiger partial charge in [-0.05, 0) is 66.4 Å². The fourth-order valence-corrected chi connectivity index (χ4v) is 4.09. The maximum Gasteiger partial charge on any atom is 0.119 e. The summed E-state index contributed by atoms with van der Waals surface area (Å²) in [6.07, 6.45) is 11.8. The van der Waals surface area contributed by atoms with E-state index >= 15 is 0 Å². The fourth-order valence-electron chi connectivity index (χ4n) is 4.09. The molecule has 0 bridgehead atoms. The molecule has 0 aliphatic heterocycles. The zero-order valence-corrected chi connectivity index (χ0v) is 17.0. The third-order valence-corrected chi connectivity index (χ3v) is 6.13. The molecule has 0 saturated heterocycles. The number of hydrogen-bond donors (Lipinski definition) is 0. The summed E-state index contributed by atoms with van der Waals surface area (Å²) in [6, 6.07) is 19.0. The van der Waals surface area contributed by atoms with Crippen LogP contribution in [0, 0.1) is 11.8 Å². The first-order valence-electron chi connectivity index (χ1n) is 10.7. The second-order valence-electron chi connectivity index (χ2n) is 7.93. The molecule has 0 aromatic heterocycles. The Morgan fingerprint density at radius 2 is 1.70 bits per heavy atom. The van der Waals surface area contributed by atoms with Crippen LogP contribution in [0.2, 0.25) is 0 Å². The van der Waals surface area contributed by atoms with Crippen LogP contribution in [-0.2, 0) is 6.61 Å². The lowest BCUT2D eigenvalue weighted by Crippen LogP contribution is -2.08. The van der Waals surface area contributed by atoms with Crippen molar-refractivity contribution in [1.29, 1.82) is 0 Å². The van der Waals surface area contributed by atoms with Crippen molar-refractivity contribution in [2.45, 2.75) is 65.4 Å². The normalized spacial score (nSPS) is 17.0. The van der Waals surface area contributed by atoms with Crippen molar-refractivity contribution in [3.05, 3.63) is 71.8 Å². The molecule has 1 nitrogen and oxygen atoms in total. The minimum atomic E-state index is 0.626. The lowest BCUT2D eigenvalue weighted by molar-refractivity contribution is 0.306. The van der Waals surface area contributed by atoms with Crippen molar-refractivity contribution in [3.8, 4) is 5.75 Å². The van der Waals surface area contributed by atoms with E-state index in [2.05, 4.69) is 68.5 Å². The molecule has 1 aliphatic rings. The lowest BCUT2D eigenvalue weighted by atomic mass is 9.82. The average Bonchev–Trinajstić information content (AvgIpc) is 2.74. The van der Waals surface area contributed by atoms with Gasteiger partial charge in [0.25, 0.3) is 0 Å². The van der Waals surface area contributed by atoms with Crippen LogP contribution in [0.3, 0.4) is 0 Å². The standard InChI is InChI=1S/C26H34O/c1-3-21(4-2)10-11-22-12-14-24(15-13-22)25-16-18-26(19-17-25)27-20-23-8-6-5-7-9-23/h5-9,14,16-19,21-22H,3-4,10-13,15,20H2,1-2H3. The van der Waals surface area contributed by atoms with Crippen molar-refractivity contribution < 1.29 is 4.74 Å². The molecule has 0 N–H and O–H groups in total. The van der Waals surface area contributed by atoms with E-state index in [1.165, 1.54) is 61.6 Å². The molecule has 0 fully saturated rings. The number of allylic oxidation sites excluding steroid dienone is 2. The Bertz CT molecular complexity index is 695. The van der Waals surface area contributed by atoms with Crippen LogP contribution in [0.1, 0.15) is 69.9 Å². The van der Waals surface area contributed by atoms with Gasteiger partial charge in [-0.1, -0.05) is 81.7 Å². The summed E-state index contributed by atoms with van der Waals surface area (Å²) in [5, 5.41) is 0. The highest BCUT2D eigenvalue weighted by atomic mass is 16.5. The first-order chi connectivity index (χ1) is 13.3. The summed E-state index contributed by atoms with van der Waals surface area (Å²) in [6.45, 7) is 5.29. The summed E-state index contributed by atoms with van der Waals surface area (Å²) in [4.78, 5) is 0. The topological polar surface area (TPSA) is 9.23 Å². The summed E-state index contributed by atoms with van der Waals surface area (Å²) in [5.41, 5.74) is 4.08. The van der Waals surface area contributed by atoms with Gasteiger partial charge in [0.1, 0.15) is 12.4 Å². The highest BCUT2D eigenvalue weighted by Crippen LogP contribution is 2.34. The van der Waals surface area contributed by atoms with Crippen LogP contribution < -0.4 is 4.74 Å². The van der Waals surface area contributed by atoms with Crippen molar-refractivity contribution in [2.24, 2.45) is 11.8 Å². The van der Waals surface area contributed by atoms with E-state index in [-0.39, 0.29) is 0 Å². The zero-order valence-electron chi connectivity index (χ0n) is 17.0. The van der Waals surface area contributed by atoms with Gasteiger partial charge in [0.2, 0.25) is 0 Å². The Hall–Kier alpha value is -2.02. The van der Waals surface area contributed by atoms with Crippen molar-refractivity contribution in [1.82, 2.24) is 0 Å². The predicted octanol–water partition coefficient (Wildman–Crippen LogP) is 7.67. The number of hydrogen-bond acceptors (Lipinski definition) is 1. The lowest BCUT2D eigenvalue weighted by Gasteiger charge is -2.24. The van der Waals surface area contributed by atoms with Gasteiger partial charge in [-0.3, -0.25) is 0 Å². The molecule has 0 amide bonds. The largest absolute Gasteiger partial charge is 0.489 e. The van der Waals surface area contributed by atoms with Gasteiger partial charge in [0.15, 0.2) is 0 Å². The summed E-state index contributed by atoms with van der Waals surface area (Å²) < 4.78 is 5.91. The molecule has 1 aliphatic carbocycles. The molecule has 144 valence electrons. The molecule has 2 aromatic carbocycles. The Morgan fingerprint density at radius 3 is 2.33 bits per heavy atom. The number of rotatable bonds is 9. The minimum absolute atomic E-state index is 0.626. The monoisotopic (exact) mass is 362 g/mol. The van der Waals surface area contributed by atoms with E-state index in [1.807, 2.05) is 6.07 Å². The second-order valence-corrected chi connectivity index (χ2v) is 7.93. The molecule has 27 heavy (non-hydrogen) atoms. The zero-order chi connectivity index (χ0) is 18.9. The predicted molar refractivity (Wildman–Crippen MR) is 116 cm³/mol. The van der Waals surface area contributed by atoms with Crippen molar-refractivity contribution >= 4 is 5.57 Å². The van der Waals surface area contributed by atoms with Crippen molar-refractivity contribution in [2.75, 3.05) is 0 Å². The van der Waals surface area contributed by atoms with Gasteiger partial charge >= 0.3 is 0 Å². The maximum absolute atomic E-state index is 5.91. The van der Waals surface area contributed by atoms with Gasteiger partial charge in [-0.25, -0.2) is 0 Å². The molecule has 0 heterocycles. The molecular formula is C26H34O. The molecule has 3 rings (SSSR count). The SMILES string of the molecule is CCC(CC)CCC1CC=C(c2ccc(OCc3ccccc3)cc2)CC1. The Balaban J connectivity index is 1.49. The molecular weight excluding hydrogens is 328 g/mol. The minimum Gasteiger partial charge on any atom is -0.489 e. The molecule has 0 radical (unpaired) electrons. The maximum atomic E-state index is 5.91. The summed E-state index contributed by atoms with van der Waals surface area (Å²) in [5.74, 6) is 2.77. The van der Waals surface area contributed by atoms with E-state index < -0.39 is 0 Å². The van der Waals surface area contributed by atoms with Crippen LogP contribution in [0.15, 0.2) is 60.7 Å². The van der Waals surface area contributed by atoms with E-state index in [9.17, 15) is 0 Å². The van der Waals surface area contributed by atoms with Crippen LogP contribution in [0.25, 0.3) is 5.57 Å². The Kier molecular flexibility index (Phi) is 7.56. The highest BCUT2D eigenvalue weighted by molar-refractivity contribution is 5.66. The quantitative estimate of drug-likeness (QED) is 0.445. The second kappa shape index (κ2) is 10.3. The third-order valence-electron chi connectivity index (χ3n) is 6.13. The van der Waals surface area contributed by atoms with Crippen LogP contribution in [-0.4, -0.2) is 0 Å². The fraction of sp³-hybridized carbons (Fsp3) is 0.462. The van der Waals surface area contributed by atoms with Gasteiger partial charge in [0, 0.05) is 0 Å². The first kappa shape index (κ1) is 19.7. The number of ether oxygens (including phenoxy) is 1. The molecule has 2 aromatic rings. The molecule has 1 unspecified atom stereocenters. The molecule has 0 saturated carbocycles. The smallest absolute Gasteiger partial charge is 0.119 e. The van der Waals surface area contributed by atoms with Gasteiger partial charge in [-0.15, -0.1) is 0 Å². The molecule has 1 heteroatoms. The Morgan fingerprint density at radius 1 is 0.963 bits per heavy atom. The van der Waals surface area contributed by atoms with Gasteiger partial charge < -0.3 is 4.74 Å². The van der Waals surface area contributed by atoms with Crippen molar-refractivity contribution in [3.63, 3.8) is 0 Å². The highest BCUT2D eigenvalue weighted by Gasteiger charge is 2.16. The van der Waals surface area contributed by atoms with E-state index in [1.54, 1.807) is 0 Å². The van der Waals surface area contributed by atoms with E-state index in [0.29, 0.717) is 6.61 Å². The van der Waals surface area contributed by atoms with Crippen LogP contribution in [0.5, 0.6) is 5.75 Å². The average molecular weight is 363 g/mol. The van der Waals surface area contributed by atoms with Crippen LogP contribution in [0.4, 0.5) is 0 Å². The van der Waals surface area contributed by atoms with Gasteiger partial charge in [0.05, 0.1) is 0 Å². The van der Waals surface area contributed by atoms with E-state index in [4.69, 9.17) is 4.74 Å². The molecule has 1 atom stereocenters. The van der Waals surface area contributed by atoms with E-state index in [0.717, 1.165) is 17.6 Å². The molecule has 0 spiro atoms. The first-order valence-corrected chi connectivity index (χ1v) is 10.7. The Labute approximate surface area is 165 Å². The van der Waals surface area contributed by atoms with Gasteiger partial charge in [-0.2, -0.15) is 0 Å². The third kappa shape index (κ3) is 5.99. The summed E-state index contributed by atoms with van der Waals surface area (Å²) in [7, 11) is 0.